The third-order valence-corrected chi connectivity index (χ3v) is 3.21. The molecule has 6 heteroatoms. The van der Waals surface area contributed by atoms with E-state index in [0.717, 1.165) is 38.3 Å². The summed E-state index contributed by atoms with van der Waals surface area (Å²) in [6.07, 6.45) is 2.10. The molecule has 0 aliphatic rings. The summed E-state index contributed by atoms with van der Waals surface area (Å²) in [6.45, 7) is 9.41. The van der Waals surface area contributed by atoms with Crippen molar-refractivity contribution in [3.63, 3.8) is 0 Å². The van der Waals surface area contributed by atoms with Crippen LogP contribution in [0.4, 0.5) is 5.82 Å². The van der Waals surface area contributed by atoms with E-state index >= 15 is 0 Å². The highest BCUT2D eigenvalue weighted by Crippen LogP contribution is 2.14. The van der Waals surface area contributed by atoms with Crippen LogP contribution in [-0.2, 0) is 0 Å². The molecule has 0 unspecified atom stereocenters. The molecule has 0 atom stereocenters. The van der Waals surface area contributed by atoms with E-state index < -0.39 is 0 Å². The zero-order valence-corrected chi connectivity index (χ0v) is 14.5. The highest BCUT2D eigenvalue weighted by molar-refractivity contribution is 5.92. The predicted octanol–water partition coefficient (Wildman–Crippen LogP) is 1.70. The summed E-state index contributed by atoms with van der Waals surface area (Å²) < 4.78 is 0. The summed E-state index contributed by atoms with van der Waals surface area (Å²) in [5, 5.41) is 2.90. The van der Waals surface area contributed by atoms with Crippen LogP contribution in [0.5, 0.6) is 0 Å². The number of carbonyl (C=O) groups excluding carboxylic acids is 1. The van der Waals surface area contributed by atoms with Crippen LogP contribution in [0.25, 0.3) is 0 Å². The molecule has 1 amide bonds. The van der Waals surface area contributed by atoms with Gasteiger partial charge in [0.15, 0.2) is 0 Å². The second-order valence-corrected chi connectivity index (χ2v) is 5.70. The Morgan fingerprint density at radius 2 is 1.77 bits per heavy atom. The minimum absolute atomic E-state index is 0.137. The number of likely N-dealkylation sites (N-methyl/N-ethyl adjacent to an activating group) is 1. The molecule has 1 rings (SSSR count). The number of hydrogen-bond donors (Lipinski definition) is 1. The van der Waals surface area contributed by atoms with E-state index in [0.29, 0.717) is 18.1 Å². The number of aromatic nitrogens is 2. The van der Waals surface area contributed by atoms with Gasteiger partial charge in [0.05, 0.1) is 0 Å². The number of amides is 1. The van der Waals surface area contributed by atoms with Crippen LogP contribution in [0, 0.1) is 6.92 Å². The normalized spacial score (nSPS) is 10.8. The van der Waals surface area contributed by atoms with Gasteiger partial charge in [0, 0.05) is 32.2 Å². The maximum atomic E-state index is 12.2. The van der Waals surface area contributed by atoms with Crippen LogP contribution in [-0.4, -0.2) is 61.0 Å². The molecule has 1 aromatic rings. The highest BCUT2D eigenvalue weighted by Gasteiger charge is 2.13. The molecule has 1 N–H and O–H groups in total. The summed E-state index contributed by atoms with van der Waals surface area (Å²) in [5.41, 5.74) is 0.443. The van der Waals surface area contributed by atoms with Crippen LogP contribution < -0.4 is 10.2 Å². The molecular formula is C16H29N5O. The van der Waals surface area contributed by atoms with E-state index in [4.69, 9.17) is 0 Å². The van der Waals surface area contributed by atoms with Gasteiger partial charge in [-0.1, -0.05) is 13.8 Å². The van der Waals surface area contributed by atoms with Crippen molar-refractivity contribution in [3.05, 3.63) is 17.6 Å². The molecule has 0 bridgehead atoms. The summed E-state index contributed by atoms with van der Waals surface area (Å²) in [4.78, 5) is 25.2. The fraction of sp³-hybridized carbons (Fsp3) is 0.688. The molecule has 124 valence electrons. The number of anilines is 1. The fourth-order valence-electron chi connectivity index (χ4n) is 2.19. The quantitative estimate of drug-likeness (QED) is 0.752. The number of aryl methyl sites for hydroxylation is 1. The van der Waals surface area contributed by atoms with Gasteiger partial charge in [0.1, 0.15) is 17.3 Å². The molecule has 0 aliphatic carbocycles. The summed E-state index contributed by atoms with van der Waals surface area (Å²) in [7, 11) is 3.96. The van der Waals surface area contributed by atoms with E-state index in [2.05, 4.69) is 34.0 Å². The Labute approximate surface area is 133 Å². The second-order valence-electron chi connectivity index (χ2n) is 5.70. The minimum atomic E-state index is -0.137. The second kappa shape index (κ2) is 9.35. The van der Waals surface area contributed by atoms with Crippen molar-refractivity contribution in [1.82, 2.24) is 20.2 Å². The van der Waals surface area contributed by atoms with Crippen LogP contribution in [0.15, 0.2) is 6.07 Å². The van der Waals surface area contributed by atoms with Gasteiger partial charge in [0.2, 0.25) is 0 Å². The van der Waals surface area contributed by atoms with Gasteiger partial charge in [-0.3, -0.25) is 4.79 Å². The van der Waals surface area contributed by atoms with Crippen LogP contribution in [0.1, 0.15) is 43.0 Å². The number of nitrogens with one attached hydrogen (secondary N) is 1. The molecule has 0 spiro atoms. The average molecular weight is 307 g/mol. The molecule has 6 nitrogen and oxygen atoms in total. The molecule has 0 radical (unpaired) electrons. The molecule has 0 aromatic carbocycles. The van der Waals surface area contributed by atoms with Crippen LogP contribution in [0.2, 0.25) is 0 Å². The van der Waals surface area contributed by atoms with Gasteiger partial charge < -0.3 is 15.1 Å². The van der Waals surface area contributed by atoms with Crippen LogP contribution >= 0.6 is 0 Å². The van der Waals surface area contributed by atoms with E-state index in [1.807, 2.05) is 25.9 Å². The predicted molar refractivity (Wildman–Crippen MR) is 90.5 cm³/mol. The van der Waals surface area contributed by atoms with Crippen molar-refractivity contribution in [1.29, 1.82) is 0 Å². The standard InChI is InChI=1S/C16H29N5O/c1-6-9-21(10-7-2)15-12-14(18-13(3)19-15)16(22)17-8-11-20(4)5/h12H,6-11H2,1-5H3,(H,17,22). The Balaban J connectivity index is 2.85. The van der Waals surface area contributed by atoms with Gasteiger partial charge in [-0.25, -0.2) is 9.97 Å². The molecule has 1 aromatic heterocycles. The van der Waals surface area contributed by atoms with Gasteiger partial charge in [0.25, 0.3) is 5.91 Å². The topological polar surface area (TPSA) is 61.4 Å². The lowest BCUT2D eigenvalue weighted by molar-refractivity contribution is 0.0945. The number of nitrogens with zero attached hydrogens (tertiary/aromatic N) is 4. The van der Waals surface area contributed by atoms with Gasteiger partial charge in [-0.15, -0.1) is 0 Å². The summed E-state index contributed by atoms with van der Waals surface area (Å²) in [6, 6.07) is 1.79. The lowest BCUT2D eigenvalue weighted by Gasteiger charge is -2.23. The highest BCUT2D eigenvalue weighted by atomic mass is 16.1. The smallest absolute Gasteiger partial charge is 0.270 e. The minimum Gasteiger partial charge on any atom is -0.357 e. The zero-order valence-electron chi connectivity index (χ0n) is 14.5. The molecule has 1 heterocycles. The van der Waals surface area contributed by atoms with Gasteiger partial charge in [-0.2, -0.15) is 0 Å². The SMILES string of the molecule is CCCN(CCC)c1cc(C(=O)NCCN(C)C)nc(C)n1. The lowest BCUT2D eigenvalue weighted by Crippen LogP contribution is -2.32. The number of hydrogen-bond acceptors (Lipinski definition) is 5. The average Bonchev–Trinajstić information content (AvgIpc) is 2.46. The van der Waals surface area contributed by atoms with E-state index in [-0.39, 0.29) is 5.91 Å². The molecule has 0 saturated carbocycles. The lowest BCUT2D eigenvalue weighted by atomic mass is 10.3. The Bertz CT molecular complexity index is 470. The Morgan fingerprint density at radius 1 is 1.14 bits per heavy atom. The van der Waals surface area contributed by atoms with Crippen molar-refractivity contribution in [2.24, 2.45) is 0 Å². The van der Waals surface area contributed by atoms with Crippen molar-refractivity contribution >= 4 is 11.7 Å². The largest absolute Gasteiger partial charge is 0.357 e. The third-order valence-electron chi connectivity index (χ3n) is 3.21. The molecule has 22 heavy (non-hydrogen) atoms. The number of carbonyl (C=O) groups is 1. The first-order chi connectivity index (χ1) is 10.5. The molecule has 0 fully saturated rings. The summed E-state index contributed by atoms with van der Waals surface area (Å²) >= 11 is 0. The van der Waals surface area contributed by atoms with Crippen molar-refractivity contribution < 1.29 is 4.79 Å². The van der Waals surface area contributed by atoms with Gasteiger partial charge >= 0.3 is 0 Å². The van der Waals surface area contributed by atoms with E-state index in [9.17, 15) is 4.79 Å². The first-order valence-corrected chi connectivity index (χ1v) is 8.01. The molecule has 0 aliphatic heterocycles. The van der Waals surface area contributed by atoms with Crippen LogP contribution in [0.3, 0.4) is 0 Å². The maximum Gasteiger partial charge on any atom is 0.270 e. The third kappa shape index (κ3) is 5.97. The molecule has 0 saturated heterocycles. The first kappa shape index (κ1) is 18.4. The van der Waals surface area contributed by atoms with Crippen molar-refractivity contribution in [2.75, 3.05) is 45.2 Å². The maximum absolute atomic E-state index is 12.2. The Hall–Kier alpha value is -1.69. The molecular weight excluding hydrogens is 278 g/mol. The Morgan fingerprint density at radius 3 is 2.32 bits per heavy atom. The first-order valence-electron chi connectivity index (χ1n) is 8.01. The fourth-order valence-corrected chi connectivity index (χ4v) is 2.19. The zero-order chi connectivity index (χ0) is 16.5. The van der Waals surface area contributed by atoms with Gasteiger partial charge in [-0.05, 0) is 33.9 Å². The number of rotatable bonds is 9. The summed E-state index contributed by atoms with van der Waals surface area (Å²) in [5.74, 6) is 1.34. The Kier molecular flexibility index (Phi) is 7.80. The monoisotopic (exact) mass is 307 g/mol. The van der Waals surface area contributed by atoms with E-state index in [1.54, 1.807) is 6.07 Å². The van der Waals surface area contributed by atoms with Crippen molar-refractivity contribution in [2.45, 2.75) is 33.6 Å². The van der Waals surface area contributed by atoms with E-state index in [1.165, 1.54) is 0 Å². The van der Waals surface area contributed by atoms with Crippen molar-refractivity contribution in [3.8, 4) is 0 Å².